The van der Waals surface area contributed by atoms with Gasteiger partial charge in [0.05, 0.1) is 5.69 Å². The SMILES string of the molecule is CC([O-])=Nc1ccc(-c2nn[nH]n2)cc1. The van der Waals surface area contributed by atoms with Gasteiger partial charge in [-0.2, -0.15) is 5.21 Å². The first-order valence-corrected chi connectivity index (χ1v) is 4.32. The van der Waals surface area contributed by atoms with Gasteiger partial charge in [0.1, 0.15) is 0 Å². The fraction of sp³-hybridized carbons (Fsp3) is 0.111. The van der Waals surface area contributed by atoms with Gasteiger partial charge in [0.25, 0.3) is 0 Å². The third kappa shape index (κ3) is 2.16. The van der Waals surface area contributed by atoms with Crippen LogP contribution in [0.4, 0.5) is 5.69 Å². The number of tetrazole rings is 1. The molecular formula is C9H8N5O-. The maximum Gasteiger partial charge on any atom is 0.204 e. The van der Waals surface area contributed by atoms with E-state index in [1.165, 1.54) is 6.92 Å². The Bertz CT molecular complexity index is 456. The number of nitrogens with one attached hydrogen (secondary N) is 1. The lowest BCUT2D eigenvalue weighted by molar-refractivity contribution is -0.215. The molecule has 0 aliphatic carbocycles. The molecule has 0 atom stereocenters. The van der Waals surface area contributed by atoms with Crippen LogP contribution in [0.3, 0.4) is 0 Å². The standard InChI is InChI=1S/C9H9N5O/c1-6(15)10-8-4-2-7(3-5-8)9-11-13-14-12-9/h2-5H,1H3,(H,10,15)(H,11,12,13,14)/p-1. The van der Waals surface area contributed by atoms with E-state index >= 15 is 0 Å². The van der Waals surface area contributed by atoms with Crippen molar-refractivity contribution in [3.8, 4) is 11.4 Å². The van der Waals surface area contributed by atoms with Crippen molar-refractivity contribution < 1.29 is 5.11 Å². The summed E-state index contributed by atoms with van der Waals surface area (Å²) in [5, 5.41) is 24.2. The van der Waals surface area contributed by atoms with Gasteiger partial charge in [-0.15, -0.1) is 10.2 Å². The van der Waals surface area contributed by atoms with Crippen LogP contribution in [0.5, 0.6) is 0 Å². The predicted molar refractivity (Wildman–Crippen MR) is 52.4 cm³/mol. The second-order valence-corrected chi connectivity index (χ2v) is 2.91. The van der Waals surface area contributed by atoms with Crippen LogP contribution in [-0.2, 0) is 0 Å². The second-order valence-electron chi connectivity index (χ2n) is 2.91. The first-order valence-electron chi connectivity index (χ1n) is 4.32. The smallest absolute Gasteiger partial charge is 0.204 e. The van der Waals surface area contributed by atoms with Crippen molar-refractivity contribution in [1.82, 2.24) is 20.6 Å². The van der Waals surface area contributed by atoms with Crippen molar-refractivity contribution in [2.75, 3.05) is 0 Å². The minimum Gasteiger partial charge on any atom is -0.862 e. The molecule has 76 valence electrons. The molecule has 0 radical (unpaired) electrons. The van der Waals surface area contributed by atoms with Crippen LogP contribution in [0.25, 0.3) is 11.4 Å². The van der Waals surface area contributed by atoms with Crippen molar-refractivity contribution in [3.63, 3.8) is 0 Å². The zero-order chi connectivity index (χ0) is 10.7. The van der Waals surface area contributed by atoms with Gasteiger partial charge in [-0.05, 0) is 42.3 Å². The van der Waals surface area contributed by atoms with Crippen LogP contribution in [0.15, 0.2) is 29.3 Å². The molecular weight excluding hydrogens is 194 g/mol. The lowest BCUT2D eigenvalue weighted by atomic mass is 10.2. The lowest BCUT2D eigenvalue weighted by Gasteiger charge is -2.02. The van der Waals surface area contributed by atoms with Gasteiger partial charge in [0.15, 0.2) is 0 Å². The van der Waals surface area contributed by atoms with E-state index < -0.39 is 0 Å². The molecule has 0 fully saturated rings. The Balaban J connectivity index is 2.29. The summed E-state index contributed by atoms with van der Waals surface area (Å²) in [6, 6.07) is 7.03. The third-order valence-electron chi connectivity index (χ3n) is 1.76. The number of hydrogen-bond acceptors (Lipinski definition) is 5. The van der Waals surface area contributed by atoms with E-state index in [4.69, 9.17) is 0 Å². The molecule has 15 heavy (non-hydrogen) atoms. The molecule has 0 saturated carbocycles. The Morgan fingerprint density at radius 2 is 2.07 bits per heavy atom. The van der Waals surface area contributed by atoms with Crippen LogP contribution in [0.1, 0.15) is 6.92 Å². The minimum absolute atomic E-state index is 0.220. The van der Waals surface area contributed by atoms with Gasteiger partial charge in [-0.3, -0.25) is 4.99 Å². The second kappa shape index (κ2) is 3.87. The molecule has 1 N–H and O–H groups in total. The number of hydrogen-bond donors (Lipinski definition) is 1. The molecule has 0 aliphatic heterocycles. The monoisotopic (exact) mass is 202 g/mol. The predicted octanol–water partition coefficient (Wildman–Crippen LogP) is 0.277. The van der Waals surface area contributed by atoms with E-state index in [0.29, 0.717) is 11.5 Å². The summed E-state index contributed by atoms with van der Waals surface area (Å²) >= 11 is 0. The van der Waals surface area contributed by atoms with Crippen molar-refractivity contribution in [3.05, 3.63) is 24.3 Å². The van der Waals surface area contributed by atoms with Crippen molar-refractivity contribution in [2.45, 2.75) is 6.92 Å². The highest BCUT2D eigenvalue weighted by Gasteiger charge is 2.01. The van der Waals surface area contributed by atoms with E-state index in [1.807, 2.05) is 0 Å². The van der Waals surface area contributed by atoms with Gasteiger partial charge in [0.2, 0.25) is 5.82 Å². The Morgan fingerprint density at radius 1 is 1.33 bits per heavy atom. The van der Waals surface area contributed by atoms with Crippen LogP contribution in [0, 0.1) is 0 Å². The Morgan fingerprint density at radius 3 is 2.60 bits per heavy atom. The van der Waals surface area contributed by atoms with Gasteiger partial charge < -0.3 is 5.11 Å². The molecule has 0 unspecified atom stereocenters. The molecule has 0 spiro atoms. The number of benzene rings is 1. The molecule has 2 aromatic rings. The van der Waals surface area contributed by atoms with Crippen molar-refractivity contribution in [2.24, 2.45) is 4.99 Å². The molecule has 0 saturated heterocycles. The number of nitrogens with zero attached hydrogens (tertiary/aromatic N) is 4. The summed E-state index contributed by atoms with van der Waals surface area (Å²) in [6.45, 7) is 1.41. The Hall–Kier alpha value is -2.24. The number of aliphatic imine (C=N–C) groups is 1. The molecule has 1 aromatic heterocycles. The maximum absolute atomic E-state index is 10.7. The highest BCUT2D eigenvalue weighted by Crippen LogP contribution is 2.18. The molecule has 6 nitrogen and oxygen atoms in total. The van der Waals surface area contributed by atoms with E-state index in [0.717, 1.165) is 5.56 Å². The normalized spacial score (nSPS) is 11.7. The van der Waals surface area contributed by atoms with E-state index in [2.05, 4.69) is 25.6 Å². The van der Waals surface area contributed by atoms with Crippen LogP contribution < -0.4 is 5.11 Å². The Labute approximate surface area is 85.7 Å². The van der Waals surface area contributed by atoms with E-state index in [9.17, 15) is 5.11 Å². The molecule has 1 aromatic carbocycles. The largest absolute Gasteiger partial charge is 0.862 e. The third-order valence-corrected chi connectivity index (χ3v) is 1.76. The van der Waals surface area contributed by atoms with Crippen molar-refractivity contribution >= 4 is 11.6 Å². The fourth-order valence-electron chi connectivity index (χ4n) is 1.15. The highest BCUT2D eigenvalue weighted by atomic mass is 16.3. The summed E-state index contributed by atoms with van der Waals surface area (Å²) in [5.41, 5.74) is 1.45. The molecule has 0 aliphatic rings. The molecule has 0 amide bonds. The van der Waals surface area contributed by atoms with Crippen LogP contribution >= 0.6 is 0 Å². The first kappa shape index (κ1) is 9.32. The maximum atomic E-state index is 10.7. The molecule has 2 rings (SSSR count). The van der Waals surface area contributed by atoms with Crippen LogP contribution in [0.2, 0.25) is 0 Å². The average molecular weight is 202 g/mol. The lowest BCUT2D eigenvalue weighted by Crippen LogP contribution is -2.10. The van der Waals surface area contributed by atoms with Gasteiger partial charge in [0, 0.05) is 5.56 Å². The summed E-state index contributed by atoms with van der Waals surface area (Å²) in [7, 11) is 0. The number of H-pyrrole nitrogens is 1. The first-order chi connectivity index (χ1) is 7.25. The topological polar surface area (TPSA) is 89.9 Å². The highest BCUT2D eigenvalue weighted by molar-refractivity contribution is 5.72. The molecule has 0 bridgehead atoms. The summed E-state index contributed by atoms with van der Waals surface area (Å²) < 4.78 is 0. The molecule has 1 heterocycles. The summed E-state index contributed by atoms with van der Waals surface area (Å²) in [6.07, 6.45) is 0. The number of aromatic amines is 1. The molecule has 6 heteroatoms. The van der Waals surface area contributed by atoms with E-state index in [-0.39, 0.29) is 5.90 Å². The zero-order valence-corrected chi connectivity index (χ0v) is 8.01. The zero-order valence-electron chi connectivity index (χ0n) is 8.01. The fourth-order valence-corrected chi connectivity index (χ4v) is 1.15. The minimum atomic E-state index is -0.220. The summed E-state index contributed by atoms with van der Waals surface area (Å²) in [4.78, 5) is 3.78. The number of aromatic nitrogens is 4. The quantitative estimate of drug-likeness (QED) is 0.559. The van der Waals surface area contributed by atoms with E-state index in [1.54, 1.807) is 24.3 Å². The van der Waals surface area contributed by atoms with Crippen LogP contribution in [-0.4, -0.2) is 26.5 Å². The average Bonchev–Trinajstić information content (AvgIpc) is 2.71. The summed E-state index contributed by atoms with van der Waals surface area (Å²) in [5.74, 6) is 0.298. The van der Waals surface area contributed by atoms with Gasteiger partial charge >= 0.3 is 0 Å². The number of rotatable bonds is 2. The Kier molecular flexibility index (Phi) is 2.40. The van der Waals surface area contributed by atoms with Gasteiger partial charge in [-0.25, -0.2) is 0 Å². The van der Waals surface area contributed by atoms with Gasteiger partial charge in [-0.1, -0.05) is 0 Å². The van der Waals surface area contributed by atoms with Crippen molar-refractivity contribution in [1.29, 1.82) is 0 Å².